The average Bonchev–Trinajstić information content (AvgIpc) is 3.33. The fourth-order valence-electron chi connectivity index (χ4n) is 3.93. The fraction of sp³-hybridized carbons (Fsp3) is 0.435. The first-order chi connectivity index (χ1) is 15.7. The summed E-state index contributed by atoms with van der Waals surface area (Å²) in [7, 11) is 0. The molecule has 2 aliphatic rings. The molecule has 0 unspecified atom stereocenters. The van der Waals surface area contributed by atoms with Crippen LogP contribution in [0.25, 0.3) is 0 Å². The lowest BCUT2D eigenvalue weighted by Crippen LogP contribution is -2.50. The van der Waals surface area contributed by atoms with Crippen molar-refractivity contribution in [3.63, 3.8) is 0 Å². The maximum absolute atomic E-state index is 13.2. The SMILES string of the molecule is O=C(NC1(C(=O)NCc2ccc(Oc3ccc(O)cc3C(F)(F)F)cn2)CC1)C1CCCC1. The van der Waals surface area contributed by atoms with Gasteiger partial charge in [-0.3, -0.25) is 14.6 Å². The molecule has 1 aromatic carbocycles. The second-order valence-corrected chi connectivity index (χ2v) is 8.50. The van der Waals surface area contributed by atoms with Crippen LogP contribution in [0.1, 0.15) is 49.8 Å². The molecule has 1 heterocycles. The van der Waals surface area contributed by atoms with Crippen LogP contribution in [0.15, 0.2) is 36.5 Å². The number of carbonyl (C=O) groups excluding carboxylic acids is 2. The molecule has 0 bridgehead atoms. The van der Waals surface area contributed by atoms with Gasteiger partial charge in [0.2, 0.25) is 11.8 Å². The number of phenolic OH excluding ortho intramolecular Hbond substituents is 1. The van der Waals surface area contributed by atoms with E-state index in [4.69, 9.17) is 4.74 Å². The Morgan fingerprint density at radius 1 is 1.15 bits per heavy atom. The molecule has 2 amide bonds. The Morgan fingerprint density at radius 3 is 2.48 bits per heavy atom. The van der Waals surface area contributed by atoms with Crippen molar-refractivity contribution in [2.24, 2.45) is 5.92 Å². The molecule has 2 aromatic rings. The Labute approximate surface area is 188 Å². The van der Waals surface area contributed by atoms with Gasteiger partial charge >= 0.3 is 6.18 Å². The molecule has 0 radical (unpaired) electrons. The van der Waals surface area contributed by atoms with Gasteiger partial charge in [0.25, 0.3) is 0 Å². The predicted octanol–water partition coefficient (Wildman–Crippen LogP) is 4.05. The molecule has 0 spiro atoms. The van der Waals surface area contributed by atoms with Gasteiger partial charge in [0.1, 0.15) is 28.4 Å². The summed E-state index contributed by atoms with van der Waals surface area (Å²) in [6, 6.07) is 5.68. The monoisotopic (exact) mass is 463 g/mol. The predicted molar refractivity (Wildman–Crippen MR) is 111 cm³/mol. The summed E-state index contributed by atoms with van der Waals surface area (Å²) in [5.74, 6) is -1.26. The summed E-state index contributed by atoms with van der Waals surface area (Å²) in [5.41, 5.74) is -1.47. The summed E-state index contributed by atoms with van der Waals surface area (Å²) >= 11 is 0. The Morgan fingerprint density at radius 2 is 1.88 bits per heavy atom. The third-order valence-corrected chi connectivity index (χ3v) is 6.00. The minimum absolute atomic E-state index is 0.0177. The Balaban J connectivity index is 1.33. The molecule has 1 aromatic heterocycles. The van der Waals surface area contributed by atoms with Crippen molar-refractivity contribution < 1.29 is 32.6 Å². The average molecular weight is 463 g/mol. The zero-order chi connectivity index (χ0) is 23.6. The van der Waals surface area contributed by atoms with Crippen molar-refractivity contribution >= 4 is 11.8 Å². The molecule has 0 aliphatic heterocycles. The fourth-order valence-corrected chi connectivity index (χ4v) is 3.93. The number of nitrogens with one attached hydrogen (secondary N) is 2. The summed E-state index contributed by atoms with van der Waals surface area (Å²) in [6.45, 7) is 0.104. The van der Waals surface area contributed by atoms with Gasteiger partial charge in [-0.1, -0.05) is 12.8 Å². The minimum atomic E-state index is -4.70. The largest absolute Gasteiger partial charge is 0.508 e. The number of carbonyl (C=O) groups is 2. The highest BCUT2D eigenvalue weighted by Gasteiger charge is 2.51. The van der Waals surface area contributed by atoms with Crippen LogP contribution in [0, 0.1) is 5.92 Å². The number of aromatic nitrogens is 1. The van der Waals surface area contributed by atoms with E-state index in [2.05, 4.69) is 15.6 Å². The Hall–Kier alpha value is -3.30. The molecule has 2 aliphatic carbocycles. The number of hydrogen-bond acceptors (Lipinski definition) is 5. The molecule has 176 valence electrons. The van der Waals surface area contributed by atoms with Crippen molar-refractivity contribution in [2.45, 2.75) is 56.8 Å². The van der Waals surface area contributed by atoms with E-state index in [1.165, 1.54) is 18.3 Å². The van der Waals surface area contributed by atoms with E-state index in [0.29, 0.717) is 24.6 Å². The smallest absolute Gasteiger partial charge is 0.420 e. The van der Waals surface area contributed by atoms with E-state index in [1.807, 2.05) is 0 Å². The van der Waals surface area contributed by atoms with E-state index in [1.54, 1.807) is 0 Å². The maximum atomic E-state index is 13.2. The van der Waals surface area contributed by atoms with Gasteiger partial charge in [-0.15, -0.1) is 0 Å². The van der Waals surface area contributed by atoms with Crippen LogP contribution in [0.2, 0.25) is 0 Å². The van der Waals surface area contributed by atoms with Crippen molar-refractivity contribution in [3.05, 3.63) is 47.8 Å². The van der Waals surface area contributed by atoms with Crippen LogP contribution in [0.4, 0.5) is 13.2 Å². The first-order valence-electron chi connectivity index (χ1n) is 10.8. The Kier molecular flexibility index (Phi) is 6.18. The molecule has 4 rings (SSSR count). The highest BCUT2D eigenvalue weighted by atomic mass is 19.4. The van der Waals surface area contributed by atoms with Crippen LogP contribution in [-0.2, 0) is 22.3 Å². The van der Waals surface area contributed by atoms with E-state index in [0.717, 1.165) is 37.8 Å². The number of benzene rings is 1. The number of pyridine rings is 1. The Bertz CT molecular complexity index is 1030. The van der Waals surface area contributed by atoms with Gasteiger partial charge in [0, 0.05) is 5.92 Å². The number of halogens is 3. The number of amides is 2. The van der Waals surface area contributed by atoms with Crippen LogP contribution >= 0.6 is 0 Å². The van der Waals surface area contributed by atoms with E-state index < -0.39 is 28.8 Å². The molecule has 0 saturated heterocycles. The lowest BCUT2D eigenvalue weighted by atomic mass is 10.1. The van der Waals surface area contributed by atoms with Crippen molar-refractivity contribution in [2.75, 3.05) is 0 Å². The second-order valence-electron chi connectivity index (χ2n) is 8.50. The lowest BCUT2D eigenvalue weighted by Gasteiger charge is -2.19. The molecule has 0 atom stereocenters. The van der Waals surface area contributed by atoms with Gasteiger partial charge in [-0.2, -0.15) is 13.2 Å². The molecule has 7 nitrogen and oxygen atoms in total. The number of hydrogen-bond donors (Lipinski definition) is 3. The van der Waals surface area contributed by atoms with Crippen LogP contribution in [-0.4, -0.2) is 27.4 Å². The summed E-state index contributed by atoms with van der Waals surface area (Å²) in [4.78, 5) is 29.1. The number of alkyl halides is 3. The summed E-state index contributed by atoms with van der Waals surface area (Å²) in [6.07, 6.45) is 1.52. The van der Waals surface area contributed by atoms with Gasteiger partial charge in [-0.25, -0.2) is 0 Å². The van der Waals surface area contributed by atoms with Gasteiger partial charge < -0.3 is 20.5 Å². The third kappa shape index (κ3) is 5.37. The van der Waals surface area contributed by atoms with Crippen molar-refractivity contribution in [3.8, 4) is 17.2 Å². The zero-order valence-corrected chi connectivity index (χ0v) is 17.7. The summed E-state index contributed by atoms with van der Waals surface area (Å²) in [5, 5.41) is 15.0. The molecule has 2 fully saturated rings. The molecule has 3 N–H and O–H groups in total. The highest BCUT2D eigenvalue weighted by molar-refractivity contribution is 5.94. The van der Waals surface area contributed by atoms with E-state index in [9.17, 15) is 27.9 Å². The zero-order valence-electron chi connectivity index (χ0n) is 17.7. The van der Waals surface area contributed by atoms with Crippen molar-refractivity contribution in [1.29, 1.82) is 0 Å². The second kappa shape index (κ2) is 8.92. The lowest BCUT2D eigenvalue weighted by molar-refractivity contribution is -0.138. The molecular weight excluding hydrogens is 439 g/mol. The highest BCUT2D eigenvalue weighted by Crippen LogP contribution is 2.40. The minimum Gasteiger partial charge on any atom is -0.508 e. The first kappa shape index (κ1) is 22.9. The van der Waals surface area contributed by atoms with Crippen LogP contribution in [0.3, 0.4) is 0 Å². The van der Waals surface area contributed by atoms with Crippen LogP contribution in [0.5, 0.6) is 17.2 Å². The van der Waals surface area contributed by atoms with Gasteiger partial charge in [-0.05, 0) is 56.0 Å². The molecule has 33 heavy (non-hydrogen) atoms. The first-order valence-corrected chi connectivity index (χ1v) is 10.8. The topological polar surface area (TPSA) is 101 Å². The normalized spacial score (nSPS) is 17.4. The number of ether oxygens (including phenoxy) is 1. The molecule has 10 heteroatoms. The van der Waals surface area contributed by atoms with E-state index in [-0.39, 0.29) is 30.0 Å². The maximum Gasteiger partial charge on any atom is 0.420 e. The third-order valence-electron chi connectivity index (χ3n) is 6.00. The summed E-state index contributed by atoms with van der Waals surface area (Å²) < 4.78 is 44.8. The molecular formula is C23H24F3N3O4. The van der Waals surface area contributed by atoms with E-state index >= 15 is 0 Å². The quantitative estimate of drug-likeness (QED) is 0.575. The number of rotatable bonds is 7. The van der Waals surface area contributed by atoms with Crippen molar-refractivity contribution in [1.82, 2.24) is 15.6 Å². The van der Waals surface area contributed by atoms with Gasteiger partial charge in [0.05, 0.1) is 18.4 Å². The van der Waals surface area contributed by atoms with Crippen LogP contribution < -0.4 is 15.4 Å². The molecule has 2 saturated carbocycles. The number of aromatic hydroxyl groups is 1. The standard InChI is InChI=1S/C23H24F3N3O4/c24-23(25,26)18-11-16(30)6-8-19(18)33-17-7-5-15(27-13-17)12-28-21(32)22(9-10-22)29-20(31)14-3-1-2-4-14/h5-8,11,13-14,30H,1-4,9-10,12H2,(H,28,32)(H,29,31). The number of nitrogens with zero attached hydrogens (tertiary/aromatic N) is 1. The van der Waals surface area contributed by atoms with Gasteiger partial charge in [0.15, 0.2) is 0 Å². The number of phenols is 1.